The Bertz CT molecular complexity index is 885. The predicted octanol–water partition coefficient (Wildman–Crippen LogP) is 4.85. The van der Waals surface area contributed by atoms with Gasteiger partial charge in [-0.2, -0.15) is 4.98 Å². The number of methoxy groups -OCH3 is 1. The molecule has 3 aromatic rings. The van der Waals surface area contributed by atoms with E-state index in [0.29, 0.717) is 11.0 Å². The molecule has 0 aliphatic heterocycles. The van der Waals surface area contributed by atoms with Crippen molar-refractivity contribution in [2.24, 2.45) is 0 Å². The molecule has 5 nitrogen and oxygen atoms in total. The Morgan fingerprint density at radius 1 is 1.12 bits per heavy atom. The SMILES string of the molecule is COc1cccc(CCNc2ccnc(Nc3ccc(Cl)cc3C)n2)c1. The Labute approximate surface area is 158 Å². The molecule has 1 aromatic heterocycles. The van der Waals surface area contributed by atoms with Crippen molar-refractivity contribution in [2.45, 2.75) is 13.3 Å². The fraction of sp³-hybridized carbons (Fsp3) is 0.200. The van der Waals surface area contributed by atoms with Gasteiger partial charge in [0.2, 0.25) is 5.95 Å². The maximum absolute atomic E-state index is 6.00. The second kappa shape index (κ2) is 8.54. The van der Waals surface area contributed by atoms with E-state index in [9.17, 15) is 0 Å². The Morgan fingerprint density at radius 3 is 2.81 bits per heavy atom. The van der Waals surface area contributed by atoms with E-state index in [1.807, 2.05) is 49.4 Å². The van der Waals surface area contributed by atoms with Gasteiger partial charge in [0.05, 0.1) is 7.11 Å². The van der Waals surface area contributed by atoms with Crippen molar-refractivity contribution in [3.63, 3.8) is 0 Å². The monoisotopic (exact) mass is 368 g/mol. The molecule has 0 aliphatic rings. The lowest BCUT2D eigenvalue weighted by atomic mass is 10.1. The number of ether oxygens (including phenoxy) is 1. The molecule has 0 fully saturated rings. The fourth-order valence-electron chi connectivity index (χ4n) is 2.57. The molecule has 134 valence electrons. The van der Waals surface area contributed by atoms with E-state index < -0.39 is 0 Å². The Balaban J connectivity index is 1.60. The van der Waals surface area contributed by atoms with Gasteiger partial charge in [0.15, 0.2) is 0 Å². The van der Waals surface area contributed by atoms with E-state index in [-0.39, 0.29) is 0 Å². The maximum atomic E-state index is 6.00. The Morgan fingerprint density at radius 2 is 2.00 bits per heavy atom. The third-order valence-corrected chi connectivity index (χ3v) is 4.18. The quantitative estimate of drug-likeness (QED) is 0.624. The van der Waals surface area contributed by atoms with E-state index in [2.05, 4.69) is 26.7 Å². The van der Waals surface area contributed by atoms with Gasteiger partial charge in [0.25, 0.3) is 0 Å². The summed E-state index contributed by atoms with van der Waals surface area (Å²) in [6.07, 6.45) is 2.61. The third kappa shape index (κ3) is 4.86. The van der Waals surface area contributed by atoms with Gasteiger partial charge < -0.3 is 15.4 Å². The van der Waals surface area contributed by atoms with Crippen molar-refractivity contribution >= 4 is 29.1 Å². The predicted molar refractivity (Wildman–Crippen MR) is 107 cm³/mol. The highest BCUT2D eigenvalue weighted by Gasteiger charge is 2.04. The largest absolute Gasteiger partial charge is 0.497 e. The first-order valence-corrected chi connectivity index (χ1v) is 8.75. The van der Waals surface area contributed by atoms with Gasteiger partial charge in [-0.3, -0.25) is 0 Å². The van der Waals surface area contributed by atoms with Crippen molar-refractivity contribution in [3.8, 4) is 5.75 Å². The molecule has 0 amide bonds. The van der Waals surface area contributed by atoms with Crippen LogP contribution in [0.25, 0.3) is 0 Å². The molecule has 0 radical (unpaired) electrons. The maximum Gasteiger partial charge on any atom is 0.229 e. The van der Waals surface area contributed by atoms with Gasteiger partial charge in [-0.05, 0) is 60.9 Å². The average Bonchev–Trinajstić information content (AvgIpc) is 2.65. The zero-order chi connectivity index (χ0) is 18.4. The minimum atomic E-state index is 0.543. The standard InChI is InChI=1S/C20H21ClN4O/c1-14-12-16(21)6-7-18(14)24-20-23-11-9-19(25-20)22-10-8-15-4-3-5-17(13-15)26-2/h3-7,9,11-13H,8,10H2,1-2H3,(H2,22,23,24,25). The van der Waals surface area contributed by atoms with Gasteiger partial charge in [0, 0.05) is 23.5 Å². The summed E-state index contributed by atoms with van der Waals surface area (Å²) in [4.78, 5) is 8.78. The van der Waals surface area contributed by atoms with Crippen LogP contribution in [0.4, 0.5) is 17.5 Å². The van der Waals surface area contributed by atoms with Gasteiger partial charge >= 0.3 is 0 Å². The minimum absolute atomic E-state index is 0.543. The van der Waals surface area contributed by atoms with Crippen LogP contribution in [0.3, 0.4) is 0 Å². The van der Waals surface area contributed by atoms with Crippen LogP contribution in [0.1, 0.15) is 11.1 Å². The first-order valence-electron chi connectivity index (χ1n) is 8.37. The van der Waals surface area contributed by atoms with Crippen molar-refractivity contribution in [2.75, 3.05) is 24.3 Å². The molecule has 0 bridgehead atoms. The summed E-state index contributed by atoms with van der Waals surface area (Å²) >= 11 is 6.00. The van der Waals surface area contributed by atoms with Crippen LogP contribution < -0.4 is 15.4 Å². The smallest absolute Gasteiger partial charge is 0.229 e. The van der Waals surface area contributed by atoms with E-state index in [1.165, 1.54) is 5.56 Å². The van der Waals surface area contributed by atoms with Crippen molar-refractivity contribution < 1.29 is 4.74 Å². The molecule has 1 heterocycles. The van der Waals surface area contributed by atoms with Crippen LogP contribution in [0.2, 0.25) is 5.02 Å². The van der Waals surface area contributed by atoms with Crippen molar-refractivity contribution in [1.82, 2.24) is 9.97 Å². The van der Waals surface area contributed by atoms with E-state index >= 15 is 0 Å². The molecule has 0 saturated carbocycles. The van der Waals surface area contributed by atoms with Crippen molar-refractivity contribution in [1.29, 1.82) is 0 Å². The van der Waals surface area contributed by atoms with Crippen LogP contribution in [0.5, 0.6) is 5.75 Å². The highest BCUT2D eigenvalue weighted by molar-refractivity contribution is 6.30. The van der Waals surface area contributed by atoms with Crippen LogP contribution >= 0.6 is 11.6 Å². The Kier molecular flexibility index (Phi) is 5.92. The van der Waals surface area contributed by atoms with Gasteiger partial charge in [-0.15, -0.1) is 0 Å². The number of anilines is 3. The number of nitrogens with one attached hydrogen (secondary N) is 2. The molecule has 0 unspecified atom stereocenters. The van der Waals surface area contributed by atoms with Crippen molar-refractivity contribution in [3.05, 3.63) is 70.9 Å². The molecule has 0 spiro atoms. The first kappa shape index (κ1) is 18.0. The second-order valence-electron chi connectivity index (χ2n) is 5.88. The van der Waals surface area contributed by atoms with Gasteiger partial charge in [0.1, 0.15) is 11.6 Å². The molecule has 0 aliphatic carbocycles. The molecule has 0 saturated heterocycles. The molecule has 3 rings (SSSR count). The zero-order valence-electron chi connectivity index (χ0n) is 14.8. The number of aromatic nitrogens is 2. The lowest BCUT2D eigenvalue weighted by Gasteiger charge is -2.10. The van der Waals surface area contributed by atoms with Gasteiger partial charge in [-0.1, -0.05) is 23.7 Å². The van der Waals surface area contributed by atoms with E-state index in [0.717, 1.165) is 35.8 Å². The summed E-state index contributed by atoms with van der Waals surface area (Å²) in [6.45, 7) is 2.76. The minimum Gasteiger partial charge on any atom is -0.497 e. The molecular weight excluding hydrogens is 348 g/mol. The molecule has 2 N–H and O–H groups in total. The lowest BCUT2D eigenvalue weighted by molar-refractivity contribution is 0.414. The van der Waals surface area contributed by atoms with Gasteiger partial charge in [-0.25, -0.2) is 4.98 Å². The molecule has 26 heavy (non-hydrogen) atoms. The number of nitrogens with zero attached hydrogens (tertiary/aromatic N) is 2. The molecule has 2 aromatic carbocycles. The number of aryl methyl sites for hydroxylation is 1. The summed E-state index contributed by atoms with van der Waals surface area (Å²) in [7, 11) is 1.68. The summed E-state index contributed by atoms with van der Waals surface area (Å²) in [5, 5.41) is 7.26. The fourth-order valence-corrected chi connectivity index (χ4v) is 2.79. The first-order chi connectivity index (χ1) is 12.6. The number of hydrogen-bond acceptors (Lipinski definition) is 5. The number of rotatable bonds is 7. The number of benzene rings is 2. The van der Waals surface area contributed by atoms with Crippen LogP contribution in [-0.4, -0.2) is 23.6 Å². The molecule has 6 heteroatoms. The third-order valence-electron chi connectivity index (χ3n) is 3.94. The summed E-state index contributed by atoms with van der Waals surface area (Å²) < 4.78 is 5.25. The summed E-state index contributed by atoms with van der Waals surface area (Å²) in [6, 6.07) is 15.6. The van der Waals surface area contributed by atoms with Crippen LogP contribution in [0, 0.1) is 6.92 Å². The van der Waals surface area contributed by atoms with E-state index in [4.69, 9.17) is 16.3 Å². The second-order valence-corrected chi connectivity index (χ2v) is 6.31. The van der Waals surface area contributed by atoms with E-state index in [1.54, 1.807) is 13.3 Å². The molecule has 0 atom stereocenters. The topological polar surface area (TPSA) is 59.1 Å². The average molecular weight is 369 g/mol. The number of hydrogen-bond donors (Lipinski definition) is 2. The van der Waals surface area contributed by atoms with Crippen LogP contribution in [0.15, 0.2) is 54.7 Å². The van der Waals surface area contributed by atoms with Crippen LogP contribution in [-0.2, 0) is 6.42 Å². The Hall–Kier alpha value is -2.79. The number of halogens is 1. The highest BCUT2D eigenvalue weighted by atomic mass is 35.5. The highest BCUT2D eigenvalue weighted by Crippen LogP contribution is 2.22. The normalized spacial score (nSPS) is 10.4. The zero-order valence-corrected chi connectivity index (χ0v) is 15.5. The molecular formula is C20H21ClN4O. The summed E-state index contributed by atoms with van der Waals surface area (Å²) in [5.41, 5.74) is 3.18. The lowest BCUT2D eigenvalue weighted by Crippen LogP contribution is -2.08. The summed E-state index contributed by atoms with van der Waals surface area (Å²) in [5.74, 6) is 2.19.